The van der Waals surface area contributed by atoms with Crippen LogP contribution < -0.4 is 32.3 Å². The fourth-order valence-corrected chi connectivity index (χ4v) is 15.3. The summed E-state index contributed by atoms with van der Waals surface area (Å²) in [6.07, 6.45) is 5.10. The minimum Gasteiger partial charge on any atom is -0.481 e. The van der Waals surface area contributed by atoms with Crippen LogP contribution in [0.1, 0.15) is 216 Å². The molecule has 0 aromatic heterocycles. The fraction of sp³-hybridized carbons (Fsp3) is 0.476. The predicted octanol–water partition coefficient (Wildman–Crippen LogP) is 21.3. The molecule has 138 heavy (non-hydrogen) atoms. The predicted molar refractivity (Wildman–Crippen MR) is 496 cm³/mol. The van der Waals surface area contributed by atoms with Crippen LogP contribution in [0.4, 0.5) is 85.0 Å². The zero-order valence-electron chi connectivity index (χ0n) is 79.9. The zero-order valence-corrected chi connectivity index (χ0v) is 79.9. The van der Waals surface area contributed by atoms with Gasteiger partial charge in [-0.25, -0.2) is 85.0 Å². The highest BCUT2D eigenvalue weighted by molar-refractivity contribution is 5.72. The lowest BCUT2D eigenvalue weighted by Gasteiger charge is -2.34. The first-order chi connectivity index (χ1) is 64.8. The fourth-order valence-electron chi connectivity index (χ4n) is 15.3. The second-order valence-corrected chi connectivity index (χ2v) is 38.1. The van der Waals surface area contributed by atoms with E-state index in [0.717, 1.165) is 82.6 Å². The number of aliphatic carboxylic acids is 1. The van der Waals surface area contributed by atoms with Gasteiger partial charge in [0.1, 0.15) is 57.8 Å². The molecule has 0 saturated carbocycles. The van der Waals surface area contributed by atoms with Crippen molar-refractivity contribution in [2.75, 3.05) is 59.0 Å². The molecule has 758 valence electrons. The molecule has 0 bridgehead atoms. The van der Waals surface area contributed by atoms with Gasteiger partial charge in [-0.05, 0) is 292 Å². The number of nitrogens with zero attached hydrogens (tertiary/aromatic N) is 2. The Morgan fingerprint density at radius 2 is 0.674 bits per heavy atom. The van der Waals surface area contributed by atoms with E-state index in [1.807, 2.05) is 24.3 Å². The normalized spacial score (nSPS) is 16.2. The third-order valence-electron chi connectivity index (χ3n) is 21.7. The number of halogens is 15. The van der Waals surface area contributed by atoms with Crippen molar-refractivity contribution in [1.29, 1.82) is 0 Å². The number of hydrogen-bond donors (Lipinski definition) is 8. The van der Waals surface area contributed by atoms with Crippen LogP contribution in [0.25, 0.3) is 0 Å². The maximum atomic E-state index is 14.3. The van der Waals surface area contributed by atoms with Gasteiger partial charge in [0.25, 0.3) is 0 Å². The molecule has 0 spiro atoms. The lowest BCUT2D eigenvalue weighted by Crippen LogP contribution is -2.43. The van der Waals surface area contributed by atoms with Crippen molar-refractivity contribution in [2.24, 2.45) is 5.73 Å². The van der Waals surface area contributed by atoms with E-state index in [2.05, 4.69) is 103 Å². The number of aliphatic hydroxyl groups is 1. The Morgan fingerprint density at radius 1 is 0.391 bits per heavy atom. The summed E-state index contributed by atoms with van der Waals surface area (Å²) in [5, 5.41) is 31.3. The summed E-state index contributed by atoms with van der Waals surface area (Å²) in [6, 6.07) is 34.7. The molecule has 3 aliphatic rings. The van der Waals surface area contributed by atoms with Crippen molar-refractivity contribution >= 4 is 36.6 Å². The number of carbonyl (C=O) groups is 6. The lowest BCUT2D eigenvalue weighted by molar-refractivity contribution is -0.137. The van der Waals surface area contributed by atoms with Gasteiger partial charge in [0, 0.05) is 99.7 Å². The second-order valence-electron chi connectivity index (χ2n) is 38.1. The molecule has 3 saturated heterocycles. The van der Waals surface area contributed by atoms with Crippen LogP contribution in [-0.2, 0) is 60.6 Å². The van der Waals surface area contributed by atoms with Crippen molar-refractivity contribution in [1.82, 2.24) is 36.4 Å². The molecule has 3 fully saturated rings. The number of likely N-dealkylation sites (tertiary alicyclic amines) is 2. The number of carboxylic acid groups (broad SMARTS) is 1. The maximum absolute atomic E-state index is 14.3. The summed E-state index contributed by atoms with van der Waals surface area (Å²) in [7, 11) is 0. The van der Waals surface area contributed by atoms with Crippen molar-refractivity contribution in [3.8, 4) is 0 Å². The molecule has 8 aromatic carbocycles. The van der Waals surface area contributed by atoms with Gasteiger partial charge >= 0.3 is 30.3 Å². The van der Waals surface area contributed by atoms with E-state index < -0.39 is 171 Å². The van der Waals surface area contributed by atoms with Crippen LogP contribution in [0.2, 0.25) is 0 Å². The van der Waals surface area contributed by atoms with Crippen LogP contribution in [0.5, 0.6) is 0 Å². The van der Waals surface area contributed by atoms with Crippen LogP contribution >= 0.6 is 0 Å². The third kappa shape index (κ3) is 43.8. The van der Waals surface area contributed by atoms with Crippen LogP contribution in [0, 0.1) is 87.3 Å². The molecule has 35 heteroatoms. The number of ether oxygens (including phenoxy) is 4. The molecule has 3 heterocycles. The number of carbonyl (C=O) groups excluding carboxylic acids is 5. The molecule has 9 N–H and O–H groups in total. The Balaban J connectivity index is 0.000000259. The molecular formula is C103H129F15N8O12. The summed E-state index contributed by atoms with van der Waals surface area (Å²) in [6.45, 7) is 27.7. The Labute approximate surface area is 797 Å². The van der Waals surface area contributed by atoms with E-state index in [9.17, 15) is 94.6 Å². The van der Waals surface area contributed by atoms with Crippen molar-refractivity contribution in [2.45, 2.75) is 256 Å². The number of alkyl carbamates (subject to hydrolysis) is 4. The highest BCUT2D eigenvalue weighted by atomic mass is 19.2. The molecule has 11 rings (SSSR count). The van der Waals surface area contributed by atoms with Gasteiger partial charge in [-0.15, -0.1) is 0 Å². The van der Waals surface area contributed by atoms with E-state index in [1.54, 1.807) is 83.1 Å². The van der Waals surface area contributed by atoms with Crippen LogP contribution in [-0.4, -0.2) is 168 Å². The van der Waals surface area contributed by atoms with Crippen LogP contribution in [0.3, 0.4) is 0 Å². The minimum atomic E-state index is -1.35. The second kappa shape index (κ2) is 56.1. The number of piperidine rings is 3. The Bertz CT molecular complexity index is 5160. The number of amides is 4. The molecule has 20 nitrogen and oxygen atoms in total. The quantitative estimate of drug-likeness (QED) is 0.00937. The van der Waals surface area contributed by atoms with E-state index in [1.165, 1.54) is 42.5 Å². The molecular weight excluding hydrogens is 1830 g/mol. The summed E-state index contributed by atoms with van der Waals surface area (Å²) >= 11 is 0. The molecule has 4 amide bonds. The van der Waals surface area contributed by atoms with Gasteiger partial charge < -0.3 is 76.1 Å². The number of nitrogens with one attached hydrogen (secondary N) is 5. The smallest absolute Gasteiger partial charge is 0.407 e. The number of carboxylic acids is 1. The highest BCUT2D eigenvalue weighted by Crippen LogP contribution is 2.31. The van der Waals surface area contributed by atoms with E-state index >= 15 is 0 Å². The van der Waals surface area contributed by atoms with Gasteiger partial charge in [-0.2, -0.15) is 0 Å². The van der Waals surface area contributed by atoms with Gasteiger partial charge in [0.05, 0.1) is 6.42 Å². The summed E-state index contributed by atoms with van der Waals surface area (Å²) in [5.74, 6) is -16.0. The molecule has 0 radical (unpaired) electrons. The van der Waals surface area contributed by atoms with Crippen molar-refractivity contribution in [3.05, 3.63) is 283 Å². The summed E-state index contributed by atoms with van der Waals surface area (Å²) < 4.78 is 221. The van der Waals surface area contributed by atoms with Crippen molar-refractivity contribution < 1.29 is 124 Å². The van der Waals surface area contributed by atoms with E-state index in [4.69, 9.17) is 34.9 Å². The Hall–Kier alpha value is -11.3. The van der Waals surface area contributed by atoms with Crippen LogP contribution in [0.15, 0.2) is 152 Å². The number of benzene rings is 8. The summed E-state index contributed by atoms with van der Waals surface area (Å²) in [5.41, 5.74) is 7.05. The van der Waals surface area contributed by atoms with Gasteiger partial charge in [-0.1, -0.05) is 91.0 Å². The van der Waals surface area contributed by atoms with Gasteiger partial charge in [-0.3, -0.25) is 4.79 Å². The maximum Gasteiger partial charge on any atom is 0.407 e. The average Bonchev–Trinajstić information content (AvgIpc) is 0.840. The number of hydrogen-bond acceptors (Lipinski definition) is 15. The lowest BCUT2D eigenvalue weighted by atomic mass is 9.90. The van der Waals surface area contributed by atoms with Gasteiger partial charge in [0.2, 0.25) is 0 Å². The average molecular weight is 1960 g/mol. The van der Waals surface area contributed by atoms with Crippen molar-refractivity contribution in [3.63, 3.8) is 0 Å². The summed E-state index contributed by atoms with van der Waals surface area (Å²) in [4.78, 5) is 73.7. The van der Waals surface area contributed by atoms with Gasteiger partial charge in [0.15, 0.2) is 58.2 Å². The number of aliphatic hydroxyl groups excluding tert-OH is 1. The standard InChI is InChI=1S/C26H33F3N2O2.C21H25F3N2.C15H18F3NO4.C15H20F3NO3.C15H18F3NO3.C11H15N/c1-26(2,3)33-25(32)30-21(14-20-15-23(28)24(29)16-22(20)27)11-13-31-12-7-10-19(17-31)18-8-5-4-6-9-18;22-19-13-21(24)20(23)12-17(19)11-18(25)8-10-26-9-4-7-16(14-26)15-5-2-1-3-6-15;1-15(2,3)23-14(22)19-9(6-13(20)21)4-8-5-11(17)12(18)7-10(8)16;2*1-15(2,3)22-14(21)19-10(4-5-20)6-9-7-12(17)13(18)8-11(9)16;1-2-5-10(6-3-1)11-7-4-8-12-9-11/h4-6,8-9,15-16,19,21H,7,10-14,17H2,1-3H3,(H,30,32);1-3,5-6,12-13,16,18H,4,7-11,14,25H2;5,7,9H,4,6H2,1-3H3,(H,19,22)(H,20,21);7-8,10,20H,4-6H2,1-3H3,(H,19,21);5,7-8,10H,4,6H2,1-3H3,(H,19,21);1-3,5-6,11-12H,4,7-9H2/t19?,21-;16?,18-;9-;2*10-;/m00100./s1. The molecule has 0 aliphatic carbocycles. The first-order valence-corrected chi connectivity index (χ1v) is 45.8. The Kier molecular flexibility index (Phi) is 46.9. The first-order valence-electron chi connectivity index (χ1n) is 45.8. The first kappa shape index (κ1) is 115. The Morgan fingerprint density at radius 3 is 0.986 bits per heavy atom. The molecule has 3 aliphatic heterocycles. The SMILES string of the molecule is CC(C)(C)OC(=O)N[C@@H](CC(=O)O)Cc1cc(F)c(F)cc1F.CC(C)(C)OC(=O)N[C@@H](CC=O)Cc1cc(F)c(F)cc1F.CC(C)(C)OC(=O)N[C@@H](CCN1CCCC(c2ccccc2)C1)Cc1cc(F)c(F)cc1F.CC(C)(C)OC(=O)N[C@@H](CCO)Cc1cc(F)c(F)cc1F.N[C@@H](CCN1CCCC(c2ccccc2)C1)Cc1cc(F)c(F)cc1F.c1ccc(C2CCCNC2)cc1. The molecule has 8 atom stereocenters. The molecule has 8 aromatic rings. The third-order valence-corrected chi connectivity index (χ3v) is 21.7. The minimum absolute atomic E-state index is 0.0239. The molecule has 3 unspecified atom stereocenters. The number of rotatable bonds is 29. The van der Waals surface area contributed by atoms with E-state index in [-0.39, 0.29) is 85.4 Å². The topological polar surface area (TPSA) is 272 Å². The number of aldehydes is 1. The zero-order chi connectivity index (χ0) is 102. The largest absolute Gasteiger partial charge is 0.481 e. The monoisotopic (exact) mass is 1950 g/mol. The number of nitrogens with two attached hydrogens (primary N) is 1. The highest BCUT2D eigenvalue weighted by Gasteiger charge is 2.31. The van der Waals surface area contributed by atoms with E-state index in [0.29, 0.717) is 80.0 Å².